The second kappa shape index (κ2) is 7.76. The van der Waals surface area contributed by atoms with E-state index >= 15 is 0 Å². The summed E-state index contributed by atoms with van der Waals surface area (Å²) in [6.45, 7) is 0.00945. The number of rotatable bonds is 8. The molecule has 0 aliphatic heterocycles. The first-order valence-corrected chi connectivity index (χ1v) is 6.25. The lowest BCUT2D eigenvalue weighted by Gasteiger charge is -2.14. The number of nitrogens with one attached hydrogen (secondary N) is 1. The van der Waals surface area contributed by atoms with Gasteiger partial charge in [-0.3, -0.25) is 4.79 Å². The maximum absolute atomic E-state index is 12.4. The molecule has 0 saturated carbocycles. The van der Waals surface area contributed by atoms with E-state index in [0.717, 1.165) is 18.6 Å². The Labute approximate surface area is 96.2 Å². The van der Waals surface area contributed by atoms with Gasteiger partial charge in [0.1, 0.15) is 0 Å². The van der Waals surface area contributed by atoms with Crippen molar-refractivity contribution in [3.63, 3.8) is 0 Å². The molecule has 0 radical (unpaired) electrons. The predicted molar refractivity (Wildman–Crippen MR) is 56.2 cm³/mol. The molecule has 0 aliphatic carbocycles. The van der Waals surface area contributed by atoms with Crippen LogP contribution in [0.5, 0.6) is 0 Å². The number of alkyl halides is 4. The molecule has 1 N–H and O–H groups in total. The fourth-order valence-corrected chi connectivity index (χ4v) is 1.46. The summed E-state index contributed by atoms with van der Waals surface area (Å²) in [6.07, 6.45) is 0.212. The zero-order valence-electron chi connectivity index (χ0n) is 8.94. The lowest BCUT2D eigenvalue weighted by atomic mass is 10.2. The summed E-state index contributed by atoms with van der Waals surface area (Å²) in [4.78, 5) is 10.6. The number of carbonyl (C=O) groups is 1. The molecular weight excluding hydrogens is 246 g/mol. The largest absolute Gasteiger partial charge is 0.383 e. The lowest BCUT2D eigenvalue weighted by molar-refractivity contribution is -0.169. The molecule has 0 fully saturated rings. The van der Waals surface area contributed by atoms with E-state index in [0.29, 0.717) is 6.42 Å². The van der Waals surface area contributed by atoms with Crippen LogP contribution in [0.1, 0.15) is 19.3 Å². The van der Waals surface area contributed by atoms with Crippen LogP contribution in [0.2, 0.25) is 0 Å². The Hall–Kier alpha value is -0.460. The Morgan fingerprint density at radius 3 is 2.44 bits per heavy atom. The van der Waals surface area contributed by atoms with E-state index in [4.69, 9.17) is 0 Å². The van der Waals surface area contributed by atoms with E-state index in [1.165, 1.54) is 0 Å². The number of thioether (sulfide) groups is 1. The van der Waals surface area contributed by atoms with Crippen LogP contribution in [0.15, 0.2) is 0 Å². The third-order valence-corrected chi connectivity index (χ3v) is 2.58. The molecule has 0 aromatic carbocycles. The second-order valence-electron chi connectivity index (χ2n) is 3.23. The molecule has 96 valence electrons. The van der Waals surface area contributed by atoms with Gasteiger partial charge >= 0.3 is 12.3 Å². The van der Waals surface area contributed by atoms with E-state index in [-0.39, 0.29) is 6.54 Å². The maximum atomic E-state index is 12.4. The Morgan fingerprint density at radius 1 is 1.31 bits per heavy atom. The Kier molecular flexibility index (Phi) is 7.53. The highest BCUT2D eigenvalue weighted by molar-refractivity contribution is 7.98. The van der Waals surface area contributed by atoms with Crippen LogP contribution in [0.4, 0.5) is 17.6 Å². The molecule has 0 aromatic heterocycles. The average molecular weight is 261 g/mol. The van der Waals surface area contributed by atoms with Gasteiger partial charge in [0, 0.05) is 6.54 Å². The van der Waals surface area contributed by atoms with Crippen LogP contribution >= 0.6 is 11.8 Å². The smallest absolute Gasteiger partial charge is 0.351 e. The molecule has 0 saturated heterocycles. The van der Waals surface area contributed by atoms with E-state index < -0.39 is 18.3 Å². The van der Waals surface area contributed by atoms with Crippen molar-refractivity contribution >= 4 is 17.7 Å². The molecule has 0 unspecified atom stereocenters. The number of carbonyl (C=O) groups excluding carboxylic acids is 1. The molecule has 2 nitrogen and oxygen atoms in total. The maximum Gasteiger partial charge on any atom is 0.383 e. The summed E-state index contributed by atoms with van der Waals surface area (Å²) in [5.74, 6) is -5.52. The van der Waals surface area contributed by atoms with Crippen LogP contribution in [0, 0.1) is 0 Å². The highest BCUT2D eigenvalue weighted by Gasteiger charge is 2.48. The van der Waals surface area contributed by atoms with E-state index in [1.807, 2.05) is 6.26 Å². The molecule has 0 heterocycles. The van der Waals surface area contributed by atoms with E-state index in [9.17, 15) is 22.4 Å². The highest BCUT2D eigenvalue weighted by atomic mass is 32.2. The van der Waals surface area contributed by atoms with Crippen LogP contribution in [-0.4, -0.2) is 36.8 Å². The monoisotopic (exact) mass is 261 g/mol. The fraction of sp³-hybridized carbons (Fsp3) is 0.889. The van der Waals surface area contributed by atoms with Crippen molar-refractivity contribution in [1.29, 1.82) is 0 Å². The van der Waals surface area contributed by atoms with E-state index in [1.54, 1.807) is 17.1 Å². The molecule has 0 rings (SSSR count). The topological polar surface area (TPSA) is 29.1 Å². The zero-order chi connectivity index (χ0) is 12.6. The Balaban J connectivity index is 3.66. The summed E-state index contributed by atoms with van der Waals surface area (Å²) in [5.41, 5.74) is 0. The second-order valence-corrected chi connectivity index (χ2v) is 4.22. The van der Waals surface area contributed by atoms with Crippen LogP contribution in [-0.2, 0) is 4.79 Å². The van der Waals surface area contributed by atoms with Gasteiger partial charge in [0.05, 0.1) is 0 Å². The molecule has 0 spiro atoms. The molecule has 0 aromatic rings. The third-order valence-electron chi connectivity index (χ3n) is 1.89. The number of hydrogen-bond donors (Lipinski definition) is 1. The van der Waals surface area contributed by atoms with Gasteiger partial charge in [0.15, 0.2) is 0 Å². The summed E-state index contributed by atoms with van der Waals surface area (Å²) in [5, 5.41) is 1.81. The number of unbranched alkanes of at least 4 members (excludes halogenated alkanes) is 2. The quantitative estimate of drug-likeness (QED) is 0.537. The molecule has 0 atom stereocenters. The first-order valence-electron chi connectivity index (χ1n) is 4.86. The molecular formula is C9H15F4NOS. The minimum atomic E-state index is -4.58. The van der Waals surface area contributed by atoms with Crippen molar-refractivity contribution in [2.75, 3.05) is 18.6 Å². The minimum absolute atomic E-state index is 0.00945. The SMILES string of the molecule is CSCCCCCNC(=O)C(F)(F)C(F)F. The number of halogens is 4. The van der Waals surface area contributed by atoms with Crippen molar-refractivity contribution in [1.82, 2.24) is 5.32 Å². The van der Waals surface area contributed by atoms with Gasteiger partial charge in [-0.2, -0.15) is 20.5 Å². The first kappa shape index (κ1) is 15.5. The van der Waals surface area contributed by atoms with Gasteiger partial charge in [-0.15, -0.1) is 0 Å². The summed E-state index contributed by atoms with van der Waals surface area (Å²) in [6, 6.07) is 0. The molecule has 0 aliphatic rings. The summed E-state index contributed by atoms with van der Waals surface area (Å²) < 4.78 is 48.3. The third kappa shape index (κ3) is 5.58. The van der Waals surface area contributed by atoms with Crippen molar-refractivity contribution in [3.05, 3.63) is 0 Å². The van der Waals surface area contributed by atoms with Crippen LogP contribution in [0.25, 0.3) is 0 Å². The average Bonchev–Trinajstić information content (AvgIpc) is 2.22. The molecule has 7 heteroatoms. The fourth-order valence-electron chi connectivity index (χ4n) is 0.967. The van der Waals surface area contributed by atoms with Gasteiger partial charge in [-0.1, -0.05) is 6.42 Å². The molecule has 1 amide bonds. The van der Waals surface area contributed by atoms with E-state index in [2.05, 4.69) is 0 Å². The predicted octanol–water partition coefficient (Wildman–Crippen LogP) is 2.54. The first-order chi connectivity index (χ1) is 7.42. The Bertz CT molecular complexity index is 214. The van der Waals surface area contributed by atoms with Gasteiger partial charge < -0.3 is 5.32 Å². The van der Waals surface area contributed by atoms with Crippen molar-refractivity contribution in [3.8, 4) is 0 Å². The van der Waals surface area contributed by atoms with Gasteiger partial charge in [-0.25, -0.2) is 8.78 Å². The molecule has 16 heavy (non-hydrogen) atoms. The van der Waals surface area contributed by atoms with Gasteiger partial charge in [-0.05, 0) is 24.9 Å². The highest BCUT2D eigenvalue weighted by Crippen LogP contribution is 2.22. The van der Waals surface area contributed by atoms with Gasteiger partial charge in [0.25, 0.3) is 5.91 Å². The lowest BCUT2D eigenvalue weighted by Crippen LogP contribution is -2.45. The van der Waals surface area contributed by atoms with Crippen LogP contribution in [0.3, 0.4) is 0 Å². The van der Waals surface area contributed by atoms with Crippen molar-refractivity contribution in [2.45, 2.75) is 31.6 Å². The van der Waals surface area contributed by atoms with Crippen molar-refractivity contribution < 1.29 is 22.4 Å². The number of amides is 1. The number of hydrogen-bond acceptors (Lipinski definition) is 2. The summed E-state index contributed by atoms with van der Waals surface area (Å²) >= 11 is 1.67. The normalized spacial score (nSPS) is 11.9. The zero-order valence-corrected chi connectivity index (χ0v) is 9.76. The minimum Gasteiger partial charge on any atom is -0.351 e. The van der Waals surface area contributed by atoms with Gasteiger partial charge in [0.2, 0.25) is 0 Å². The summed E-state index contributed by atoms with van der Waals surface area (Å²) in [7, 11) is 0. The van der Waals surface area contributed by atoms with Crippen molar-refractivity contribution in [2.24, 2.45) is 0 Å². The molecule has 0 bridgehead atoms. The van der Waals surface area contributed by atoms with Crippen LogP contribution < -0.4 is 5.32 Å². The Morgan fingerprint density at radius 2 is 1.94 bits per heavy atom. The standard InChI is InChI=1S/C9H15F4NOS/c1-16-6-4-2-3-5-14-8(15)9(12,13)7(10)11/h7H,2-6H2,1H3,(H,14,15).